The van der Waals surface area contributed by atoms with Crippen molar-refractivity contribution in [1.29, 1.82) is 0 Å². The summed E-state index contributed by atoms with van der Waals surface area (Å²) in [5, 5.41) is -0.841. The monoisotopic (exact) mass is 287 g/mol. The molecule has 1 heterocycles. The number of pyridine rings is 1. The lowest BCUT2D eigenvalue weighted by molar-refractivity contribution is 0.559. The Balaban J connectivity index is 2.87. The van der Waals surface area contributed by atoms with E-state index in [1.807, 2.05) is 6.07 Å². The van der Waals surface area contributed by atoms with Gasteiger partial charge in [0, 0.05) is 18.4 Å². The minimum atomic E-state index is -3.56. The molecule has 0 aromatic carbocycles. The number of thiocarbonyl (C=S) groups is 1. The van der Waals surface area contributed by atoms with E-state index in [9.17, 15) is 8.42 Å². The molecule has 100 valence electrons. The molecule has 0 bridgehead atoms. The summed E-state index contributed by atoms with van der Waals surface area (Å²) in [7, 11) is -3.56. The van der Waals surface area contributed by atoms with E-state index in [0.717, 1.165) is 5.56 Å². The highest BCUT2D eigenvalue weighted by molar-refractivity contribution is 7.93. The Bertz CT molecular complexity index is 502. The van der Waals surface area contributed by atoms with Crippen LogP contribution in [0.1, 0.15) is 31.9 Å². The first-order valence-corrected chi connectivity index (χ1v) is 7.54. The number of sulfonamides is 1. The average Bonchev–Trinajstić information content (AvgIpc) is 2.29. The summed E-state index contributed by atoms with van der Waals surface area (Å²) in [5.41, 5.74) is 6.24. The summed E-state index contributed by atoms with van der Waals surface area (Å²) in [6.07, 6.45) is 3.61. The molecule has 0 aliphatic carbocycles. The van der Waals surface area contributed by atoms with E-state index in [1.165, 1.54) is 0 Å². The van der Waals surface area contributed by atoms with Gasteiger partial charge in [-0.25, -0.2) is 13.1 Å². The Morgan fingerprint density at radius 3 is 2.72 bits per heavy atom. The van der Waals surface area contributed by atoms with Gasteiger partial charge in [-0.15, -0.1) is 0 Å². The van der Waals surface area contributed by atoms with Gasteiger partial charge in [0.15, 0.2) is 0 Å². The maximum absolute atomic E-state index is 12.1. The first-order valence-electron chi connectivity index (χ1n) is 5.59. The van der Waals surface area contributed by atoms with Crippen molar-refractivity contribution in [3.63, 3.8) is 0 Å². The molecule has 3 N–H and O–H groups in total. The second-order valence-corrected chi connectivity index (χ2v) is 6.34. The molecule has 0 aliphatic rings. The van der Waals surface area contributed by atoms with Gasteiger partial charge in [-0.05, 0) is 25.0 Å². The van der Waals surface area contributed by atoms with Crippen molar-refractivity contribution in [2.45, 2.75) is 31.6 Å². The van der Waals surface area contributed by atoms with Crippen LogP contribution in [-0.4, -0.2) is 23.6 Å². The number of aromatic nitrogens is 1. The molecule has 0 amide bonds. The van der Waals surface area contributed by atoms with Crippen LogP contribution in [0, 0.1) is 0 Å². The molecule has 0 aliphatic heterocycles. The van der Waals surface area contributed by atoms with Gasteiger partial charge in [0.1, 0.15) is 5.25 Å². The number of nitrogens with zero attached hydrogens (tertiary/aromatic N) is 1. The standard InChI is InChI=1S/C11H17N3O2S2/c1-3-10(11(12)17)18(15,16)14-8(2)9-5-4-6-13-7-9/h4-8,10,14H,3H2,1-2H3,(H2,12,17). The van der Waals surface area contributed by atoms with E-state index in [0.29, 0.717) is 6.42 Å². The summed E-state index contributed by atoms with van der Waals surface area (Å²) in [6.45, 7) is 3.48. The number of nitrogens with two attached hydrogens (primary N) is 1. The molecule has 5 nitrogen and oxygen atoms in total. The van der Waals surface area contributed by atoms with E-state index >= 15 is 0 Å². The lowest BCUT2D eigenvalue weighted by Crippen LogP contribution is -2.42. The fourth-order valence-electron chi connectivity index (χ4n) is 1.60. The predicted octanol–water partition coefficient (Wildman–Crippen LogP) is 1.13. The number of rotatable bonds is 6. The molecule has 1 aromatic heterocycles. The molecule has 2 unspecified atom stereocenters. The second-order valence-electron chi connectivity index (χ2n) is 3.97. The number of nitrogens with one attached hydrogen (secondary N) is 1. The fraction of sp³-hybridized carbons (Fsp3) is 0.455. The average molecular weight is 287 g/mol. The Labute approximate surface area is 113 Å². The minimum absolute atomic E-state index is 0.0108. The van der Waals surface area contributed by atoms with Gasteiger partial charge in [-0.1, -0.05) is 25.2 Å². The van der Waals surface area contributed by atoms with Crippen LogP contribution in [0.25, 0.3) is 0 Å². The molecule has 0 saturated heterocycles. The second kappa shape index (κ2) is 6.21. The third kappa shape index (κ3) is 3.72. The van der Waals surface area contributed by atoms with Crippen molar-refractivity contribution < 1.29 is 8.42 Å². The molecule has 2 atom stereocenters. The maximum Gasteiger partial charge on any atom is 0.221 e. The van der Waals surface area contributed by atoms with Crippen molar-refractivity contribution >= 4 is 27.2 Å². The van der Waals surface area contributed by atoms with Gasteiger partial charge in [-0.2, -0.15) is 0 Å². The van der Waals surface area contributed by atoms with Crippen LogP contribution in [0.3, 0.4) is 0 Å². The number of hydrogen-bond donors (Lipinski definition) is 2. The zero-order valence-corrected chi connectivity index (χ0v) is 12.0. The SMILES string of the molecule is CCC(C(N)=S)S(=O)(=O)NC(C)c1cccnc1. The van der Waals surface area contributed by atoms with Crippen LogP contribution in [0.5, 0.6) is 0 Å². The van der Waals surface area contributed by atoms with Crippen LogP contribution in [0.15, 0.2) is 24.5 Å². The van der Waals surface area contributed by atoms with Crippen molar-refractivity contribution in [2.75, 3.05) is 0 Å². The molecule has 1 rings (SSSR count). The van der Waals surface area contributed by atoms with Crippen molar-refractivity contribution in [1.82, 2.24) is 9.71 Å². The Kier molecular flexibility index (Phi) is 5.18. The molecule has 0 spiro atoms. The van der Waals surface area contributed by atoms with Crippen molar-refractivity contribution in [3.05, 3.63) is 30.1 Å². The summed E-state index contributed by atoms with van der Waals surface area (Å²) >= 11 is 4.78. The third-order valence-corrected chi connectivity index (χ3v) is 5.04. The zero-order valence-electron chi connectivity index (χ0n) is 10.3. The van der Waals surface area contributed by atoms with Gasteiger partial charge in [0.05, 0.1) is 4.99 Å². The van der Waals surface area contributed by atoms with Crippen molar-refractivity contribution in [3.8, 4) is 0 Å². The summed E-state index contributed by atoms with van der Waals surface area (Å²) in [6, 6.07) is 3.19. The maximum atomic E-state index is 12.1. The van der Waals surface area contributed by atoms with Crippen LogP contribution in [0.2, 0.25) is 0 Å². The van der Waals surface area contributed by atoms with E-state index < -0.39 is 15.3 Å². The van der Waals surface area contributed by atoms with Crippen LogP contribution in [0.4, 0.5) is 0 Å². The topological polar surface area (TPSA) is 85.1 Å². The first-order chi connectivity index (χ1) is 8.38. The Morgan fingerprint density at radius 1 is 1.61 bits per heavy atom. The summed E-state index contributed by atoms with van der Waals surface area (Å²) < 4.78 is 26.7. The first kappa shape index (κ1) is 15.0. The lowest BCUT2D eigenvalue weighted by Gasteiger charge is -2.19. The van der Waals surface area contributed by atoms with Crippen LogP contribution < -0.4 is 10.5 Å². The highest BCUT2D eigenvalue weighted by Gasteiger charge is 2.28. The largest absolute Gasteiger partial charge is 0.392 e. The van der Waals surface area contributed by atoms with Crippen LogP contribution in [-0.2, 0) is 10.0 Å². The lowest BCUT2D eigenvalue weighted by atomic mass is 10.2. The molecule has 0 saturated carbocycles. The zero-order chi connectivity index (χ0) is 13.8. The van der Waals surface area contributed by atoms with Gasteiger partial charge >= 0.3 is 0 Å². The quantitative estimate of drug-likeness (QED) is 0.766. The highest BCUT2D eigenvalue weighted by atomic mass is 32.2. The molecule has 0 radical (unpaired) electrons. The Morgan fingerprint density at radius 2 is 2.28 bits per heavy atom. The predicted molar refractivity (Wildman–Crippen MR) is 75.6 cm³/mol. The van der Waals surface area contributed by atoms with Crippen molar-refractivity contribution in [2.24, 2.45) is 5.73 Å². The van der Waals surface area contributed by atoms with Crippen LogP contribution >= 0.6 is 12.2 Å². The molecular formula is C11H17N3O2S2. The van der Waals surface area contributed by atoms with Gasteiger partial charge in [0.2, 0.25) is 10.0 Å². The van der Waals surface area contributed by atoms with E-state index in [4.69, 9.17) is 18.0 Å². The third-order valence-electron chi connectivity index (χ3n) is 2.59. The highest BCUT2D eigenvalue weighted by Crippen LogP contribution is 2.14. The molecule has 7 heteroatoms. The Hall–Kier alpha value is -1.05. The smallest absolute Gasteiger partial charge is 0.221 e. The fourth-order valence-corrected chi connectivity index (χ4v) is 3.69. The number of hydrogen-bond acceptors (Lipinski definition) is 4. The summed E-state index contributed by atoms with van der Waals surface area (Å²) in [4.78, 5) is 3.94. The van der Waals surface area contributed by atoms with E-state index in [2.05, 4.69) is 9.71 Å². The minimum Gasteiger partial charge on any atom is -0.392 e. The van der Waals surface area contributed by atoms with Gasteiger partial charge < -0.3 is 5.73 Å². The van der Waals surface area contributed by atoms with E-state index in [-0.39, 0.29) is 11.0 Å². The molecule has 0 fully saturated rings. The normalized spacial score (nSPS) is 15.0. The summed E-state index contributed by atoms with van der Waals surface area (Å²) in [5.74, 6) is 0. The van der Waals surface area contributed by atoms with E-state index in [1.54, 1.807) is 32.3 Å². The molecule has 18 heavy (non-hydrogen) atoms. The molecule has 1 aromatic rings. The van der Waals surface area contributed by atoms with Gasteiger partial charge in [0.25, 0.3) is 0 Å². The van der Waals surface area contributed by atoms with Gasteiger partial charge in [-0.3, -0.25) is 4.98 Å². The molecular weight excluding hydrogens is 270 g/mol.